The summed E-state index contributed by atoms with van der Waals surface area (Å²) in [6.45, 7) is 4.42. The zero-order valence-electron chi connectivity index (χ0n) is 12.8. The van der Waals surface area contributed by atoms with Crippen molar-refractivity contribution in [2.45, 2.75) is 48.7 Å². The molecule has 4 heteroatoms. The Morgan fingerprint density at radius 2 is 1.78 bits per heavy atom. The van der Waals surface area contributed by atoms with E-state index in [1.165, 1.54) is 18.0 Å². The number of allylic oxidation sites excluding steroid dienone is 4. The van der Waals surface area contributed by atoms with Gasteiger partial charge in [0.1, 0.15) is 0 Å². The van der Waals surface area contributed by atoms with Crippen LogP contribution in [0.3, 0.4) is 0 Å². The van der Waals surface area contributed by atoms with Crippen LogP contribution in [0.15, 0.2) is 20.8 Å². The van der Waals surface area contributed by atoms with Crippen LogP contribution >= 0.6 is 0 Å². The zero-order chi connectivity index (χ0) is 14.0. The summed E-state index contributed by atoms with van der Waals surface area (Å²) in [4.78, 5) is 0. The number of rotatable bonds is 6. The molecule has 0 saturated heterocycles. The first-order valence-corrected chi connectivity index (χ1v) is 16.5. The van der Waals surface area contributed by atoms with E-state index in [4.69, 9.17) is 8.85 Å². The molecule has 0 aromatic heterocycles. The van der Waals surface area contributed by atoms with Gasteiger partial charge in [-0.15, -0.1) is 0 Å². The van der Waals surface area contributed by atoms with Crippen LogP contribution in [0.5, 0.6) is 0 Å². The van der Waals surface area contributed by atoms with E-state index in [1.54, 1.807) is 23.8 Å². The minimum absolute atomic E-state index is 1.14. The monoisotopic (exact) mass is 451 g/mol. The van der Waals surface area contributed by atoms with Gasteiger partial charge in [0.2, 0.25) is 0 Å². The van der Waals surface area contributed by atoms with Gasteiger partial charge < -0.3 is 0 Å². The van der Waals surface area contributed by atoms with Gasteiger partial charge in [0.05, 0.1) is 0 Å². The molecule has 1 aliphatic rings. The SMILES string of the molecule is CCCC1=[C]([Pt]([CH3])([CH3])[CH3])CC=C1[Si](C)(OC)OC. The minimum atomic E-state index is -2.15. The molecule has 1 aliphatic carbocycles. The van der Waals surface area contributed by atoms with Crippen LogP contribution in [0.25, 0.3) is 0 Å². The molecule has 0 spiro atoms. The summed E-state index contributed by atoms with van der Waals surface area (Å²) in [6.07, 6.45) is 5.90. The fourth-order valence-electron chi connectivity index (χ4n) is 2.32. The molecule has 2 nitrogen and oxygen atoms in total. The zero-order valence-corrected chi connectivity index (χ0v) is 16.1. The summed E-state index contributed by atoms with van der Waals surface area (Å²) in [5.74, 6) is 0. The maximum atomic E-state index is 5.74. The fourth-order valence-corrected chi connectivity index (χ4v) is 8.76. The maximum absolute atomic E-state index is 5.74. The normalized spacial score (nSPS) is 18.3. The third kappa shape index (κ3) is 3.25. The first-order valence-electron chi connectivity index (χ1n) is 6.19. The molecule has 0 N–H and O–H groups in total. The Morgan fingerprint density at radius 3 is 2.17 bits per heavy atom. The molecule has 0 amide bonds. The summed E-state index contributed by atoms with van der Waals surface area (Å²) in [5, 5.41) is 8.84. The quantitative estimate of drug-likeness (QED) is 0.551. The Morgan fingerprint density at radius 1 is 1.22 bits per heavy atom. The van der Waals surface area contributed by atoms with Crippen molar-refractivity contribution >= 4 is 8.56 Å². The Bertz CT molecular complexity index is 362. The Kier molecular flexibility index (Phi) is 5.61. The van der Waals surface area contributed by atoms with E-state index in [1.807, 2.05) is 0 Å². The molecule has 0 heterocycles. The molecule has 0 aliphatic heterocycles. The second kappa shape index (κ2) is 6.17. The van der Waals surface area contributed by atoms with E-state index < -0.39 is 24.6 Å². The second-order valence-electron chi connectivity index (χ2n) is 5.20. The molecular formula is C14H28O2PtSi. The molecule has 0 unspecified atom stereocenters. The van der Waals surface area contributed by atoms with E-state index in [9.17, 15) is 0 Å². The van der Waals surface area contributed by atoms with Gasteiger partial charge in [0, 0.05) is 0 Å². The van der Waals surface area contributed by atoms with Crippen molar-refractivity contribution in [2.24, 2.45) is 0 Å². The van der Waals surface area contributed by atoms with E-state index in [0.29, 0.717) is 0 Å². The molecule has 110 valence electrons. The molecule has 0 fully saturated rings. The molecule has 0 aromatic rings. The first-order chi connectivity index (χ1) is 8.30. The van der Waals surface area contributed by atoms with E-state index in [0.717, 1.165) is 6.42 Å². The Balaban J connectivity index is 3.19. The van der Waals surface area contributed by atoms with Crippen LogP contribution in [0.1, 0.15) is 26.2 Å². The summed E-state index contributed by atoms with van der Waals surface area (Å²) >= 11 is -1.67. The van der Waals surface area contributed by atoms with Crippen molar-refractivity contribution in [2.75, 3.05) is 14.2 Å². The van der Waals surface area contributed by atoms with Crippen LogP contribution in [-0.2, 0) is 24.9 Å². The molecule has 1 rings (SSSR count). The van der Waals surface area contributed by atoms with Gasteiger partial charge in [-0.1, -0.05) is 0 Å². The van der Waals surface area contributed by atoms with E-state index >= 15 is 0 Å². The van der Waals surface area contributed by atoms with Crippen molar-refractivity contribution in [3.05, 3.63) is 20.8 Å². The van der Waals surface area contributed by atoms with E-state index in [2.05, 4.69) is 35.5 Å². The average molecular weight is 452 g/mol. The molecular weight excluding hydrogens is 423 g/mol. The first kappa shape index (κ1) is 16.4. The van der Waals surface area contributed by atoms with Crippen LogP contribution < -0.4 is 0 Å². The van der Waals surface area contributed by atoms with Gasteiger partial charge in [-0.05, 0) is 0 Å². The second-order valence-corrected chi connectivity index (χ2v) is 20.0. The van der Waals surface area contributed by atoms with Gasteiger partial charge >= 0.3 is 117 Å². The van der Waals surface area contributed by atoms with Gasteiger partial charge in [-0.2, -0.15) is 0 Å². The van der Waals surface area contributed by atoms with Crippen LogP contribution in [-0.4, -0.2) is 22.8 Å². The van der Waals surface area contributed by atoms with Gasteiger partial charge in [-0.3, -0.25) is 0 Å². The predicted molar refractivity (Wildman–Crippen MR) is 77.9 cm³/mol. The standard InChI is InChI=1S/C11H19O2Si.3CH3.Pt/c1-5-7-10-8-6-9-11(10)14(4,12-2)13-3;;;;/h9H,5-7H2,1-4H3;3*1H3;. The summed E-state index contributed by atoms with van der Waals surface area (Å²) < 4.78 is 13.2. The van der Waals surface area contributed by atoms with E-state index in [-0.39, 0.29) is 0 Å². The molecule has 0 atom stereocenters. The number of hydrogen-bond donors (Lipinski definition) is 0. The third-order valence-corrected chi connectivity index (χ3v) is 11.8. The summed E-state index contributed by atoms with van der Waals surface area (Å²) in [6, 6.07) is 0. The molecule has 18 heavy (non-hydrogen) atoms. The summed E-state index contributed by atoms with van der Waals surface area (Å²) in [7, 11) is 1.42. The molecule has 0 radical (unpaired) electrons. The average Bonchev–Trinajstić information content (AvgIpc) is 2.73. The van der Waals surface area contributed by atoms with Crippen LogP contribution in [0.2, 0.25) is 22.5 Å². The fraction of sp³-hybridized carbons (Fsp3) is 0.714. The van der Waals surface area contributed by atoms with Crippen molar-refractivity contribution in [3.8, 4) is 0 Å². The Hall–Kier alpha value is 0.305. The predicted octanol–water partition coefficient (Wildman–Crippen LogP) is 4.57. The van der Waals surface area contributed by atoms with Crippen molar-refractivity contribution in [3.63, 3.8) is 0 Å². The molecule has 0 aromatic carbocycles. The van der Waals surface area contributed by atoms with Crippen molar-refractivity contribution in [1.29, 1.82) is 0 Å². The summed E-state index contributed by atoms with van der Waals surface area (Å²) in [5.41, 5.74) is 1.58. The van der Waals surface area contributed by atoms with Crippen molar-refractivity contribution in [1.82, 2.24) is 0 Å². The topological polar surface area (TPSA) is 18.5 Å². The molecule has 0 bridgehead atoms. The van der Waals surface area contributed by atoms with Gasteiger partial charge in [0.15, 0.2) is 0 Å². The molecule has 0 saturated carbocycles. The van der Waals surface area contributed by atoms with Crippen LogP contribution in [0, 0.1) is 0 Å². The van der Waals surface area contributed by atoms with Gasteiger partial charge in [-0.25, -0.2) is 0 Å². The third-order valence-electron chi connectivity index (χ3n) is 3.45. The Labute approximate surface area is 117 Å². The van der Waals surface area contributed by atoms with Crippen molar-refractivity contribution < 1.29 is 24.9 Å². The van der Waals surface area contributed by atoms with Crippen LogP contribution in [0.4, 0.5) is 0 Å². The number of hydrogen-bond acceptors (Lipinski definition) is 2. The van der Waals surface area contributed by atoms with Gasteiger partial charge in [0.25, 0.3) is 0 Å².